The third-order valence-corrected chi connectivity index (χ3v) is 4.29. The van der Waals surface area contributed by atoms with Crippen molar-refractivity contribution in [3.8, 4) is 5.69 Å². The van der Waals surface area contributed by atoms with Crippen LogP contribution >= 0.6 is 23.2 Å². The normalized spacial score (nSPS) is 11.9. The Kier molecular flexibility index (Phi) is 4.16. The van der Waals surface area contributed by atoms with Gasteiger partial charge in [0, 0.05) is 0 Å². The van der Waals surface area contributed by atoms with Gasteiger partial charge in [-0.2, -0.15) is 0 Å². The highest BCUT2D eigenvalue weighted by Gasteiger charge is 2.07. The molecule has 0 bridgehead atoms. The molecule has 5 heteroatoms. The molecular formula is C18H14Cl2N2O. The molecule has 0 atom stereocenters. The average molecular weight is 345 g/mol. The summed E-state index contributed by atoms with van der Waals surface area (Å²) in [5.41, 5.74) is 2.53. The van der Waals surface area contributed by atoms with E-state index in [4.69, 9.17) is 23.2 Å². The molecule has 0 aliphatic heterocycles. The lowest BCUT2D eigenvalue weighted by Gasteiger charge is -2.02. The fourth-order valence-corrected chi connectivity index (χ4v) is 2.57. The number of benzene rings is 2. The van der Waals surface area contributed by atoms with E-state index in [9.17, 15) is 4.79 Å². The molecule has 0 unspecified atom stereocenters. The Bertz CT molecular complexity index is 1030. The highest BCUT2D eigenvalue weighted by atomic mass is 35.5. The number of rotatable bonds is 2. The first-order chi connectivity index (χ1) is 11.0. The maximum Gasteiger partial charge on any atom is 0.279 e. The van der Waals surface area contributed by atoms with Crippen LogP contribution in [0.15, 0.2) is 47.3 Å². The van der Waals surface area contributed by atoms with E-state index in [1.807, 2.05) is 37.3 Å². The van der Waals surface area contributed by atoms with E-state index in [1.165, 1.54) is 10.2 Å². The predicted molar refractivity (Wildman–Crippen MR) is 95.9 cm³/mol. The molecule has 0 aliphatic rings. The van der Waals surface area contributed by atoms with Gasteiger partial charge in [-0.25, -0.2) is 4.68 Å². The van der Waals surface area contributed by atoms with Gasteiger partial charge >= 0.3 is 0 Å². The van der Waals surface area contributed by atoms with Crippen molar-refractivity contribution in [1.82, 2.24) is 9.78 Å². The van der Waals surface area contributed by atoms with Gasteiger partial charge in [0.25, 0.3) is 5.56 Å². The molecule has 0 spiro atoms. The van der Waals surface area contributed by atoms with Gasteiger partial charge in [0.15, 0.2) is 0 Å². The fourth-order valence-electron chi connectivity index (χ4n) is 2.28. The van der Waals surface area contributed by atoms with Crippen LogP contribution in [0.4, 0.5) is 0 Å². The van der Waals surface area contributed by atoms with Gasteiger partial charge in [-0.15, -0.1) is 0 Å². The van der Waals surface area contributed by atoms with Crippen LogP contribution in [-0.4, -0.2) is 9.78 Å². The SMILES string of the molecule is C=c1[nH]n(-c2ccc(Cl)c(Cl)c2)c(=O)/c1=C/c1ccc(C)cc1. The molecule has 23 heavy (non-hydrogen) atoms. The summed E-state index contributed by atoms with van der Waals surface area (Å²) in [5, 5.41) is 4.85. The molecule has 0 aliphatic carbocycles. The molecule has 1 N–H and O–H groups in total. The third-order valence-electron chi connectivity index (χ3n) is 3.56. The summed E-state index contributed by atoms with van der Waals surface area (Å²) >= 11 is 11.9. The van der Waals surface area contributed by atoms with E-state index in [0.717, 1.165) is 5.56 Å². The van der Waals surface area contributed by atoms with Crippen LogP contribution < -0.4 is 16.1 Å². The minimum Gasteiger partial charge on any atom is -0.291 e. The lowest BCUT2D eigenvalue weighted by Crippen LogP contribution is -2.33. The zero-order chi connectivity index (χ0) is 16.6. The summed E-state index contributed by atoms with van der Waals surface area (Å²) in [6, 6.07) is 12.9. The summed E-state index contributed by atoms with van der Waals surface area (Å²) in [6.45, 7) is 5.93. The number of hydrogen-bond donors (Lipinski definition) is 1. The quantitative estimate of drug-likeness (QED) is 0.762. The number of hydrogen-bond acceptors (Lipinski definition) is 1. The highest BCUT2D eigenvalue weighted by molar-refractivity contribution is 6.42. The van der Waals surface area contributed by atoms with E-state index in [2.05, 4.69) is 11.7 Å². The van der Waals surface area contributed by atoms with Crippen molar-refractivity contribution in [2.45, 2.75) is 6.92 Å². The second-order valence-electron chi connectivity index (χ2n) is 5.30. The van der Waals surface area contributed by atoms with Crippen molar-refractivity contribution < 1.29 is 0 Å². The Morgan fingerprint density at radius 3 is 2.43 bits per heavy atom. The Morgan fingerprint density at radius 2 is 1.78 bits per heavy atom. The first kappa shape index (κ1) is 15.7. The van der Waals surface area contributed by atoms with Crippen LogP contribution in [0.5, 0.6) is 0 Å². The number of aromatic amines is 1. The van der Waals surface area contributed by atoms with Gasteiger partial charge in [-0.05, 0) is 36.8 Å². The van der Waals surface area contributed by atoms with E-state index >= 15 is 0 Å². The van der Waals surface area contributed by atoms with Crippen LogP contribution in [0.3, 0.4) is 0 Å². The van der Waals surface area contributed by atoms with Crippen LogP contribution in [0.2, 0.25) is 10.0 Å². The number of halogens is 2. The maximum absolute atomic E-state index is 12.6. The van der Waals surface area contributed by atoms with Crippen molar-refractivity contribution in [2.75, 3.05) is 0 Å². The summed E-state index contributed by atoms with van der Waals surface area (Å²) in [5.74, 6) is 0. The number of H-pyrrole nitrogens is 1. The molecule has 1 heterocycles. The van der Waals surface area contributed by atoms with Crippen molar-refractivity contribution >= 4 is 35.9 Å². The van der Waals surface area contributed by atoms with Crippen LogP contribution in [0.25, 0.3) is 18.3 Å². The first-order valence-electron chi connectivity index (χ1n) is 6.99. The molecule has 116 valence electrons. The number of nitrogens with zero attached hydrogens (tertiary/aromatic N) is 1. The second kappa shape index (κ2) is 6.11. The summed E-state index contributed by atoms with van der Waals surface area (Å²) in [7, 11) is 0. The van der Waals surface area contributed by atoms with Gasteiger partial charge < -0.3 is 0 Å². The standard InChI is InChI=1S/C18H14Cl2N2O/c1-11-3-5-13(6-4-11)9-15-12(2)21-22(18(15)23)14-7-8-16(19)17(20)10-14/h3-10,21H,2H2,1H3/b15-9+. The molecule has 0 saturated heterocycles. The smallest absolute Gasteiger partial charge is 0.279 e. The van der Waals surface area contributed by atoms with Crippen LogP contribution in [0, 0.1) is 6.92 Å². The molecule has 3 rings (SSSR count). The molecule has 0 fully saturated rings. The molecule has 0 saturated carbocycles. The average Bonchev–Trinajstić information content (AvgIpc) is 2.80. The Morgan fingerprint density at radius 1 is 1.09 bits per heavy atom. The van der Waals surface area contributed by atoms with E-state index < -0.39 is 0 Å². The van der Waals surface area contributed by atoms with Gasteiger partial charge in [-0.1, -0.05) is 59.6 Å². The Balaban J connectivity index is 2.17. The second-order valence-corrected chi connectivity index (χ2v) is 6.11. The van der Waals surface area contributed by atoms with Gasteiger partial charge in [0.2, 0.25) is 0 Å². The minimum atomic E-state index is -0.186. The summed E-state index contributed by atoms with van der Waals surface area (Å²) in [6.07, 6.45) is 1.81. The molecule has 0 radical (unpaired) electrons. The maximum atomic E-state index is 12.6. The molecule has 1 aromatic heterocycles. The summed E-state index contributed by atoms with van der Waals surface area (Å²) in [4.78, 5) is 12.6. The van der Waals surface area contributed by atoms with E-state index in [-0.39, 0.29) is 5.56 Å². The Hall–Kier alpha value is -2.23. The van der Waals surface area contributed by atoms with Crippen molar-refractivity contribution in [1.29, 1.82) is 0 Å². The predicted octanol–water partition coefficient (Wildman–Crippen LogP) is 3.02. The molecular weight excluding hydrogens is 331 g/mol. The fraction of sp³-hybridized carbons (Fsp3) is 0.0556. The monoisotopic (exact) mass is 344 g/mol. The van der Waals surface area contributed by atoms with E-state index in [0.29, 0.717) is 26.3 Å². The largest absolute Gasteiger partial charge is 0.291 e. The van der Waals surface area contributed by atoms with E-state index in [1.54, 1.807) is 18.2 Å². The molecule has 2 aromatic carbocycles. The molecule has 0 amide bonds. The zero-order valence-electron chi connectivity index (χ0n) is 12.4. The lowest BCUT2D eigenvalue weighted by molar-refractivity contribution is 0.838. The van der Waals surface area contributed by atoms with Crippen LogP contribution in [-0.2, 0) is 0 Å². The molecule has 3 aromatic rings. The first-order valence-corrected chi connectivity index (χ1v) is 7.75. The number of aromatic nitrogens is 2. The highest BCUT2D eigenvalue weighted by Crippen LogP contribution is 2.23. The zero-order valence-corrected chi connectivity index (χ0v) is 13.9. The van der Waals surface area contributed by atoms with Gasteiger partial charge in [0.05, 0.1) is 26.3 Å². The third kappa shape index (κ3) is 3.11. The van der Waals surface area contributed by atoms with Gasteiger partial charge in [-0.3, -0.25) is 9.89 Å². The van der Waals surface area contributed by atoms with Crippen LogP contribution in [0.1, 0.15) is 11.1 Å². The number of aryl methyl sites for hydroxylation is 1. The summed E-state index contributed by atoms with van der Waals surface area (Å²) < 4.78 is 1.41. The number of nitrogens with one attached hydrogen (secondary N) is 1. The van der Waals surface area contributed by atoms with Gasteiger partial charge in [0.1, 0.15) is 0 Å². The minimum absolute atomic E-state index is 0.186. The Labute approximate surface area is 143 Å². The topological polar surface area (TPSA) is 37.8 Å². The van der Waals surface area contributed by atoms with Crippen molar-refractivity contribution in [3.63, 3.8) is 0 Å². The molecule has 3 nitrogen and oxygen atoms in total. The van der Waals surface area contributed by atoms with Crippen molar-refractivity contribution in [2.24, 2.45) is 0 Å². The lowest BCUT2D eigenvalue weighted by atomic mass is 10.1. The van der Waals surface area contributed by atoms with Crippen molar-refractivity contribution in [3.05, 3.63) is 84.6 Å².